The molecule has 3 rings (SSSR count). The summed E-state index contributed by atoms with van der Waals surface area (Å²) in [5, 5.41) is 12.8. The zero-order valence-corrected chi connectivity index (χ0v) is 23.6. The number of hydrogen-bond donors (Lipinski definition) is 4. The molecule has 10 nitrogen and oxygen atoms in total. The van der Waals surface area contributed by atoms with Crippen molar-refractivity contribution in [2.24, 2.45) is 11.8 Å². The number of esters is 1. The fourth-order valence-electron chi connectivity index (χ4n) is 6.03. The summed E-state index contributed by atoms with van der Waals surface area (Å²) in [5.41, 5.74) is 0. The number of amides is 3. The molecule has 38 heavy (non-hydrogen) atoms. The first kappa shape index (κ1) is 30.6. The van der Waals surface area contributed by atoms with E-state index in [2.05, 4.69) is 28.2 Å². The summed E-state index contributed by atoms with van der Waals surface area (Å²) >= 11 is 0. The average molecular weight is 539 g/mol. The Morgan fingerprint density at radius 1 is 0.921 bits per heavy atom. The molecular formula is C28H50N4O6. The first-order valence-electron chi connectivity index (χ1n) is 14.8. The van der Waals surface area contributed by atoms with Gasteiger partial charge in [-0.1, -0.05) is 6.92 Å². The van der Waals surface area contributed by atoms with Gasteiger partial charge in [0.05, 0.1) is 25.0 Å². The Morgan fingerprint density at radius 2 is 1.68 bits per heavy atom. The highest BCUT2D eigenvalue weighted by molar-refractivity contribution is 5.76. The molecule has 3 fully saturated rings. The minimum atomic E-state index is -0.201. The minimum Gasteiger partial charge on any atom is -0.466 e. The smallest absolute Gasteiger partial charge is 0.316 e. The maximum atomic E-state index is 12.8. The van der Waals surface area contributed by atoms with Gasteiger partial charge in [0.25, 0.3) is 0 Å². The van der Waals surface area contributed by atoms with E-state index in [1.807, 2.05) is 0 Å². The van der Waals surface area contributed by atoms with Crippen molar-refractivity contribution >= 4 is 17.9 Å². The SMILES string of the molecule is CCOC(=O)CCCOC1CC(NC(=O)CC2CCC(NC(=O)NC3NCCCC3C)CC2)CCC1OC. The minimum absolute atomic E-state index is 0.00262. The fraction of sp³-hybridized carbons (Fsp3) is 0.893. The number of rotatable bonds is 12. The molecule has 2 saturated carbocycles. The van der Waals surface area contributed by atoms with Crippen molar-refractivity contribution in [3.63, 3.8) is 0 Å². The summed E-state index contributed by atoms with van der Waals surface area (Å²) in [6.07, 6.45) is 9.81. The van der Waals surface area contributed by atoms with Gasteiger partial charge in [0, 0.05) is 38.6 Å². The normalized spacial score (nSPS) is 31.7. The first-order valence-corrected chi connectivity index (χ1v) is 14.8. The second kappa shape index (κ2) is 16.3. The number of ether oxygens (including phenoxy) is 3. The summed E-state index contributed by atoms with van der Waals surface area (Å²) in [7, 11) is 1.70. The van der Waals surface area contributed by atoms with E-state index in [0.29, 0.717) is 50.7 Å². The van der Waals surface area contributed by atoms with Crippen LogP contribution in [-0.2, 0) is 23.8 Å². The van der Waals surface area contributed by atoms with E-state index in [4.69, 9.17) is 14.2 Å². The van der Waals surface area contributed by atoms with Crippen molar-refractivity contribution in [1.82, 2.24) is 21.3 Å². The van der Waals surface area contributed by atoms with Crippen LogP contribution < -0.4 is 21.3 Å². The summed E-state index contributed by atoms with van der Waals surface area (Å²) in [6.45, 7) is 5.77. The number of hydrogen-bond acceptors (Lipinski definition) is 7. The molecular weight excluding hydrogens is 488 g/mol. The van der Waals surface area contributed by atoms with E-state index in [0.717, 1.165) is 57.9 Å². The third-order valence-electron chi connectivity index (χ3n) is 8.27. The molecule has 3 amide bonds. The van der Waals surface area contributed by atoms with Crippen LogP contribution in [0.15, 0.2) is 0 Å². The highest BCUT2D eigenvalue weighted by Crippen LogP contribution is 2.28. The number of methoxy groups -OCH3 is 1. The van der Waals surface area contributed by atoms with Gasteiger partial charge in [-0.05, 0) is 89.5 Å². The van der Waals surface area contributed by atoms with E-state index >= 15 is 0 Å². The summed E-state index contributed by atoms with van der Waals surface area (Å²) in [5.74, 6) is 0.680. The maximum absolute atomic E-state index is 12.8. The molecule has 218 valence electrons. The first-order chi connectivity index (χ1) is 18.4. The average Bonchev–Trinajstić information content (AvgIpc) is 2.89. The topological polar surface area (TPSA) is 127 Å². The molecule has 5 atom stereocenters. The second-order valence-corrected chi connectivity index (χ2v) is 11.3. The predicted molar refractivity (Wildman–Crippen MR) is 144 cm³/mol. The molecule has 1 heterocycles. The highest BCUT2D eigenvalue weighted by atomic mass is 16.5. The standard InChI is InChI=1S/C28H50N4O6/c1-4-37-26(34)8-6-16-38-24-18-22(13-14-23(24)36-3)30-25(33)17-20-9-11-21(12-10-20)31-28(35)32-27-19(2)7-5-15-29-27/h19-24,27,29H,4-18H2,1-3H3,(H,30,33)(H2,31,32,35). The lowest BCUT2D eigenvalue weighted by Gasteiger charge is -2.36. The van der Waals surface area contributed by atoms with Gasteiger partial charge >= 0.3 is 12.0 Å². The van der Waals surface area contributed by atoms with Crippen LogP contribution in [0.5, 0.6) is 0 Å². The molecule has 0 aromatic carbocycles. The van der Waals surface area contributed by atoms with Gasteiger partial charge in [0.15, 0.2) is 0 Å². The molecule has 5 unspecified atom stereocenters. The lowest BCUT2D eigenvalue weighted by Crippen LogP contribution is -2.56. The zero-order chi connectivity index (χ0) is 27.3. The van der Waals surface area contributed by atoms with Crippen LogP contribution in [0.3, 0.4) is 0 Å². The fourth-order valence-corrected chi connectivity index (χ4v) is 6.03. The van der Waals surface area contributed by atoms with Crippen LogP contribution in [0.4, 0.5) is 4.79 Å². The highest BCUT2D eigenvalue weighted by Gasteiger charge is 2.33. The molecule has 2 aliphatic carbocycles. The Hall–Kier alpha value is -1.91. The van der Waals surface area contributed by atoms with Crippen molar-refractivity contribution in [3.8, 4) is 0 Å². The van der Waals surface area contributed by atoms with E-state index in [1.54, 1.807) is 14.0 Å². The van der Waals surface area contributed by atoms with Crippen LogP contribution in [0, 0.1) is 11.8 Å². The molecule has 0 spiro atoms. The number of piperidine rings is 1. The second-order valence-electron chi connectivity index (χ2n) is 11.3. The lowest BCUT2D eigenvalue weighted by molar-refractivity contribution is -0.144. The molecule has 1 saturated heterocycles. The van der Waals surface area contributed by atoms with Gasteiger partial charge in [-0.25, -0.2) is 4.79 Å². The van der Waals surface area contributed by atoms with Crippen molar-refractivity contribution in [1.29, 1.82) is 0 Å². The molecule has 3 aliphatic rings. The van der Waals surface area contributed by atoms with E-state index in [-0.39, 0.29) is 48.4 Å². The Kier molecular flexibility index (Phi) is 13.1. The molecule has 0 radical (unpaired) electrons. The number of urea groups is 1. The Labute approximate surface area is 228 Å². The summed E-state index contributed by atoms with van der Waals surface area (Å²) < 4.78 is 16.6. The number of nitrogens with one attached hydrogen (secondary N) is 4. The molecule has 1 aliphatic heterocycles. The lowest BCUT2D eigenvalue weighted by atomic mass is 9.83. The van der Waals surface area contributed by atoms with Crippen LogP contribution in [0.1, 0.15) is 90.9 Å². The van der Waals surface area contributed by atoms with Gasteiger partial charge in [-0.3, -0.25) is 14.9 Å². The predicted octanol–water partition coefficient (Wildman–Crippen LogP) is 2.99. The summed E-state index contributed by atoms with van der Waals surface area (Å²) in [4.78, 5) is 36.8. The maximum Gasteiger partial charge on any atom is 0.316 e. The van der Waals surface area contributed by atoms with Crippen molar-refractivity contribution < 1.29 is 28.6 Å². The monoisotopic (exact) mass is 538 g/mol. The van der Waals surface area contributed by atoms with Gasteiger partial charge in [0.2, 0.25) is 5.91 Å². The number of carbonyl (C=O) groups excluding carboxylic acids is 3. The van der Waals surface area contributed by atoms with Gasteiger partial charge in [-0.15, -0.1) is 0 Å². The van der Waals surface area contributed by atoms with Crippen LogP contribution >= 0.6 is 0 Å². The molecule has 10 heteroatoms. The van der Waals surface area contributed by atoms with E-state index < -0.39 is 0 Å². The van der Waals surface area contributed by atoms with Crippen molar-refractivity contribution in [3.05, 3.63) is 0 Å². The van der Waals surface area contributed by atoms with Gasteiger partial charge in [0.1, 0.15) is 0 Å². The van der Waals surface area contributed by atoms with E-state index in [9.17, 15) is 14.4 Å². The molecule has 0 aromatic rings. The Bertz CT molecular complexity index is 745. The third kappa shape index (κ3) is 10.3. The summed E-state index contributed by atoms with van der Waals surface area (Å²) in [6, 6.07) is 0.141. The molecule has 4 N–H and O–H groups in total. The van der Waals surface area contributed by atoms with Crippen LogP contribution in [0.2, 0.25) is 0 Å². The van der Waals surface area contributed by atoms with Gasteiger partial charge < -0.3 is 30.2 Å². The Balaban J connectivity index is 1.32. The van der Waals surface area contributed by atoms with Crippen molar-refractivity contribution in [2.45, 2.75) is 121 Å². The number of carbonyl (C=O) groups is 3. The largest absolute Gasteiger partial charge is 0.466 e. The molecule has 0 bridgehead atoms. The third-order valence-corrected chi connectivity index (χ3v) is 8.27. The van der Waals surface area contributed by atoms with E-state index in [1.165, 1.54) is 0 Å². The van der Waals surface area contributed by atoms with Crippen LogP contribution in [0.25, 0.3) is 0 Å². The van der Waals surface area contributed by atoms with Crippen molar-refractivity contribution in [2.75, 3.05) is 26.9 Å². The molecule has 0 aromatic heterocycles. The van der Waals surface area contributed by atoms with Gasteiger partial charge in [-0.2, -0.15) is 0 Å². The van der Waals surface area contributed by atoms with Crippen LogP contribution in [-0.4, -0.2) is 75.2 Å². The Morgan fingerprint density at radius 3 is 2.39 bits per heavy atom. The quantitative estimate of drug-likeness (QED) is 0.222. The zero-order valence-electron chi connectivity index (χ0n) is 23.6.